The molecule has 0 aliphatic carbocycles. The topological polar surface area (TPSA) is 53.0 Å². The molecule has 2 aliphatic rings. The Labute approximate surface area is 139 Å². The zero-order valence-electron chi connectivity index (χ0n) is 12.5. The van der Waals surface area contributed by atoms with Crippen LogP contribution in [0.15, 0.2) is 54.0 Å². The second kappa shape index (κ2) is 5.16. The fraction of sp³-hybridized carbons (Fsp3) is 0.176. The van der Waals surface area contributed by atoms with E-state index in [0.29, 0.717) is 22.8 Å². The van der Waals surface area contributed by atoms with Crippen molar-refractivity contribution in [2.75, 3.05) is 10.0 Å². The second-order valence-corrected chi connectivity index (χ2v) is 6.14. The highest BCUT2D eigenvalue weighted by Gasteiger charge is 2.37. The van der Waals surface area contributed by atoms with E-state index in [2.05, 4.69) is 0 Å². The van der Waals surface area contributed by atoms with E-state index >= 15 is 0 Å². The summed E-state index contributed by atoms with van der Waals surface area (Å²) >= 11 is 5.99. The minimum absolute atomic E-state index is 0.215. The van der Waals surface area contributed by atoms with Crippen LogP contribution in [0.25, 0.3) is 0 Å². The SMILES string of the molecule is Cc1cc(Cl)ccc1N1C([O-])=C2CCc3ccccc3N2N1O. The van der Waals surface area contributed by atoms with Crippen LogP contribution in [0.2, 0.25) is 5.02 Å². The maximum atomic E-state index is 12.8. The standard InChI is InChI=1S/C17H16ClN3O2/c1-11-10-13(18)7-9-14(11)20-17(22)16-8-6-12-4-2-3-5-15(12)19(16)21(20)23/h2-5,7,9-10,22-23H,6,8H2,1H3/p-1. The molecule has 0 saturated carbocycles. The summed E-state index contributed by atoms with van der Waals surface area (Å²) in [6.07, 6.45) is 1.38. The van der Waals surface area contributed by atoms with Crippen LogP contribution in [0.5, 0.6) is 0 Å². The highest BCUT2D eigenvalue weighted by Crippen LogP contribution is 2.41. The van der Waals surface area contributed by atoms with Crippen LogP contribution in [0.1, 0.15) is 17.5 Å². The van der Waals surface area contributed by atoms with E-state index < -0.39 is 0 Å². The molecule has 2 aliphatic heterocycles. The zero-order chi connectivity index (χ0) is 16.1. The average Bonchev–Trinajstić information content (AvgIpc) is 2.80. The molecule has 2 aromatic rings. The van der Waals surface area contributed by atoms with Gasteiger partial charge in [-0.15, -0.1) is 0 Å². The highest BCUT2D eigenvalue weighted by atomic mass is 35.5. The Morgan fingerprint density at radius 3 is 2.61 bits per heavy atom. The lowest BCUT2D eigenvalue weighted by Gasteiger charge is -2.36. The summed E-state index contributed by atoms with van der Waals surface area (Å²) < 4.78 is 0. The Kier molecular flexibility index (Phi) is 3.23. The predicted molar refractivity (Wildman–Crippen MR) is 86.6 cm³/mol. The third-order valence-corrected chi connectivity index (χ3v) is 4.53. The van der Waals surface area contributed by atoms with Crippen molar-refractivity contribution in [2.45, 2.75) is 19.8 Å². The lowest BCUT2D eigenvalue weighted by atomic mass is 10.0. The number of halogens is 1. The normalized spacial score (nSPS) is 17.5. The van der Waals surface area contributed by atoms with E-state index in [1.807, 2.05) is 31.2 Å². The summed E-state index contributed by atoms with van der Waals surface area (Å²) in [5, 5.41) is 27.8. The molecule has 0 bridgehead atoms. The van der Waals surface area contributed by atoms with Crippen LogP contribution >= 0.6 is 11.6 Å². The average molecular weight is 329 g/mol. The number of nitrogens with zero attached hydrogens (tertiary/aromatic N) is 3. The van der Waals surface area contributed by atoms with Crippen LogP contribution < -0.4 is 15.1 Å². The van der Waals surface area contributed by atoms with E-state index in [9.17, 15) is 10.3 Å². The van der Waals surface area contributed by atoms with Crippen molar-refractivity contribution in [1.82, 2.24) is 5.28 Å². The van der Waals surface area contributed by atoms with Gasteiger partial charge >= 0.3 is 0 Å². The van der Waals surface area contributed by atoms with Crippen molar-refractivity contribution in [3.8, 4) is 0 Å². The number of allylic oxidation sites excluding steroid dienone is 1. The number of anilines is 2. The van der Waals surface area contributed by atoms with E-state index in [1.54, 1.807) is 23.2 Å². The summed E-state index contributed by atoms with van der Waals surface area (Å²) in [5.74, 6) is -0.215. The molecule has 5 nitrogen and oxygen atoms in total. The highest BCUT2D eigenvalue weighted by molar-refractivity contribution is 6.30. The van der Waals surface area contributed by atoms with Crippen molar-refractivity contribution in [3.05, 3.63) is 70.2 Å². The zero-order valence-corrected chi connectivity index (χ0v) is 13.3. The number of benzene rings is 2. The summed E-state index contributed by atoms with van der Waals surface area (Å²) in [6.45, 7) is 1.86. The number of hydrogen-bond acceptors (Lipinski definition) is 5. The van der Waals surface area contributed by atoms with E-state index in [0.717, 1.165) is 28.5 Å². The first-order valence-corrected chi connectivity index (χ1v) is 7.79. The van der Waals surface area contributed by atoms with Crippen LogP contribution in [0.3, 0.4) is 0 Å². The van der Waals surface area contributed by atoms with E-state index in [1.165, 1.54) is 5.01 Å². The van der Waals surface area contributed by atoms with Gasteiger partial charge in [0.05, 0.1) is 17.1 Å². The van der Waals surface area contributed by atoms with Gasteiger partial charge in [0, 0.05) is 16.2 Å². The lowest BCUT2D eigenvalue weighted by Crippen LogP contribution is -2.46. The molecule has 0 radical (unpaired) electrons. The first-order valence-electron chi connectivity index (χ1n) is 7.41. The summed E-state index contributed by atoms with van der Waals surface area (Å²) in [7, 11) is 0. The number of hydrogen-bond donors (Lipinski definition) is 1. The molecular weight excluding hydrogens is 314 g/mol. The molecule has 0 aromatic heterocycles. The fourth-order valence-electron chi connectivity index (χ4n) is 3.19. The van der Waals surface area contributed by atoms with Gasteiger partial charge in [0.25, 0.3) is 0 Å². The Hall–Kier alpha value is -2.21. The van der Waals surface area contributed by atoms with Crippen LogP contribution in [-0.4, -0.2) is 10.5 Å². The van der Waals surface area contributed by atoms with Crippen molar-refractivity contribution in [2.24, 2.45) is 0 Å². The number of hydrazine groups is 2. The van der Waals surface area contributed by atoms with Gasteiger partial charge in [-0.1, -0.05) is 29.8 Å². The van der Waals surface area contributed by atoms with Gasteiger partial charge in [-0.25, -0.2) is 10.0 Å². The van der Waals surface area contributed by atoms with Crippen LogP contribution in [-0.2, 0) is 6.42 Å². The van der Waals surface area contributed by atoms with E-state index in [4.69, 9.17) is 11.6 Å². The number of fused-ring (bicyclic) bond motifs is 3. The molecule has 0 saturated heterocycles. The molecule has 1 N–H and O–H groups in total. The smallest absolute Gasteiger partial charge is 0.0650 e. The largest absolute Gasteiger partial charge is 0.858 e. The van der Waals surface area contributed by atoms with Gasteiger partial charge in [0.15, 0.2) is 0 Å². The van der Waals surface area contributed by atoms with Crippen molar-refractivity contribution < 1.29 is 10.3 Å². The maximum absolute atomic E-state index is 12.8. The van der Waals surface area contributed by atoms with Crippen LogP contribution in [0, 0.1) is 6.92 Å². The quantitative estimate of drug-likeness (QED) is 0.872. The summed E-state index contributed by atoms with van der Waals surface area (Å²) in [5.41, 5.74) is 3.94. The molecule has 6 heteroatoms. The minimum Gasteiger partial charge on any atom is -0.858 e. The molecule has 0 amide bonds. The molecule has 118 valence electrons. The van der Waals surface area contributed by atoms with Gasteiger partial charge in [-0.05, 0) is 55.2 Å². The maximum Gasteiger partial charge on any atom is 0.0650 e. The van der Waals surface area contributed by atoms with Crippen molar-refractivity contribution >= 4 is 23.0 Å². The van der Waals surface area contributed by atoms with Crippen LogP contribution in [0.4, 0.5) is 11.4 Å². The van der Waals surface area contributed by atoms with Gasteiger partial charge in [-0.2, -0.15) is 0 Å². The Balaban J connectivity index is 1.83. The number of para-hydroxylation sites is 1. The summed E-state index contributed by atoms with van der Waals surface area (Å²) in [4.78, 5) is 0. The summed E-state index contributed by atoms with van der Waals surface area (Å²) in [6, 6.07) is 13.0. The molecule has 0 unspecified atom stereocenters. The minimum atomic E-state index is -0.215. The molecular formula is C17H15ClN3O2-. The van der Waals surface area contributed by atoms with E-state index in [-0.39, 0.29) is 5.88 Å². The van der Waals surface area contributed by atoms with Crippen molar-refractivity contribution in [1.29, 1.82) is 0 Å². The van der Waals surface area contributed by atoms with Gasteiger partial charge < -0.3 is 5.11 Å². The number of aryl methyl sites for hydroxylation is 2. The first-order chi connectivity index (χ1) is 11.1. The van der Waals surface area contributed by atoms with Gasteiger partial charge in [0.1, 0.15) is 0 Å². The third kappa shape index (κ3) is 2.09. The molecule has 0 fully saturated rings. The van der Waals surface area contributed by atoms with Crippen molar-refractivity contribution in [3.63, 3.8) is 0 Å². The Bertz CT molecular complexity index is 821. The first kappa shape index (κ1) is 14.4. The lowest BCUT2D eigenvalue weighted by molar-refractivity contribution is -0.314. The van der Waals surface area contributed by atoms with Gasteiger partial charge in [0.2, 0.25) is 0 Å². The monoisotopic (exact) mass is 328 g/mol. The molecule has 2 heterocycles. The molecule has 23 heavy (non-hydrogen) atoms. The molecule has 4 rings (SSSR count). The molecule has 2 aromatic carbocycles. The molecule has 0 atom stereocenters. The number of rotatable bonds is 1. The molecule has 0 spiro atoms. The second-order valence-electron chi connectivity index (χ2n) is 5.70. The Morgan fingerprint density at radius 2 is 1.83 bits per heavy atom. The third-order valence-electron chi connectivity index (χ3n) is 4.29. The van der Waals surface area contributed by atoms with Gasteiger partial charge in [-0.3, -0.25) is 5.21 Å². The fourth-order valence-corrected chi connectivity index (χ4v) is 3.42. The Morgan fingerprint density at radius 1 is 1.04 bits per heavy atom. The predicted octanol–water partition coefficient (Wildman–Crippen LogP) is 2.97.